The molecule has 0 amide bonds. The lowest BCUT2D eigenvalue weighted by Crippen LogP contribution is -1.95. The number of hydrogen-bond donors (Lipinski definition) is 0. The predicted molar refractivity (Wildman–Crippen MR) is 75.7 cm³/mol. The molecule has 0 radical (unpaired) electrons. The molecule has 0 bridgehead atoms. The minimum Gasteiger partial charge on any atom is -0.319 e. The van der Waals surface area contributed by atoms with E-state index in [0.717, 1.165) is 4.47 Å². The topological polar surface area (TPSA) is 34.9 Å². The largest absolute Gasteiger partial charge is 0.319 e. The molecule has 92 valence electrons. The molecule has 1 aromatic heterocycles. The highest BCUT2D eigenvalue weighted by atomic mass is 79.9. The van der Waals surface area contributed by atoms with Crippen LogP contribution in [0.25, 0.3) is 6.08 Å². The number of carbonyl (C=O) groups excluding carboxylic acids is 1. The van der Waals surface area contributed by atoms with Crippen LogP contribution in [0.4, 0.5) is 0 Å². The molecule has 2 rings (SSSR count). The van der Waals surface area contributed by atoms with Crippen molar-refractivity contribution in [2.45, 2.75) is 0 Å². The van der Waals surface area contributed by atoms with Gasteiger partial charge >= 0.3 is 0 Å². The summed E-state index contributed by atoms with van der Waals surface area (Å²) in [6.07, 6.45) is 4.68. The average Bonchev–Trinajstić information content (AvgIpc) is 2.68. The van der Waals surface area contributed by atoms with E-state index in [0.29, 0.717) is 16.5 Å². The zero-order valence-electron chi connectivity index (χ0n) is 9.60. The monoisotopic (exact) mass is 324 g/mol. The molecule has 0 fully saturated rings. The van der Waals surface area contributed by atoms with Crippen LogP contribution in [0.1, 0.15) is 16.2 Å². The summed E-state index contributed by atoms with van der Waals surface area (Å²) in [6, 6.07) is 7.20. The average molecular weight is 326 g/mol. The fourth-order valence-electron chi connectivity index (χ4n) is 1.42. The van der Waals surface area contributed by atoms with Crippen molar-refractivity contribution in [3.63, 3.8) is 0 Å². The summed E-state index contributed by atoms with van der Waals surface area (Å²) in [4.78, 5) is 16.0. The standard InChI is InChI=1S/C13H10BrClN2O/c1-17-12(15)8-16-13(17)7-6-11(18)9-2-4-10(14)5-3-9/h2-8H,1H3. The highest BCUT2D eigenvalue weighted by Gasteiger charge is 2.03. The highest BCUT2D eigenvalue weighted by molar-refractivity contribution is 9.10. The number of rotatable bonds is 3. The van der Waals surface area contributed by atoms with Gasteiger partial charge in [-0.3, -0.25) is 4.79 Å². The number of nitrogens with zero attached hydrogens (tertiary/aromatic N) is 2. The second-order valence-corrected chi connectivity index (χ2v) is 5.01. The number of hydrogen-bond acceptors (Lipinski definition) is 2. The molecule has 0 aliphatic heterocycles. The molecule has 0 N–H and O–H groups in total. The van der Waals surface area contributed by atoms with Crippen molar-refractivity contribution >= 4 is 39.4 Å². The molecule has 0 spiro atoms. The normalized spacial score (nSPS) is 11.1. The van der Waals surface area contributed by atoms with Gasteiger partial charge in [-0.15, -0.1) is 0 Å². The van der Waals surface area contributed by atoms with Crippen molar-refractivity contribution in [3.05, 3.63) is 57.6 Å². The molecule has 3 nitrogen and oxygen atoms in total. The van der Waals surface area contributed by atoms with E-state index in [9.17, 15) is 4.79 Å². The molecule has 0 saturated carbocycles. The summed E-state index contributed by atoms with van der Waals surface area (Å²) in [7, 11) is 1.79. The van der Waals surface area contributed by atoms with E-state index < -0.39 is 0 Å². The van der Waals surface area contributed by atoms with Crippen molar-refractivity contribution < 1.29 is 4.79 Å². The number of benzene rings is 1. The van der Waals surface area contributed by atoms with E-state index >= 15 is 0 Å². The second-order valence-electron chi connectivity index (χ2n) is 3.70. The van der Waals surface area contributed by atoms with Gasteiger partial charge in [0.05, 0.1) is 6.20 Å². The van der Waals surface area contributed by atoms with Crippen LogP contribution in [0, 0.1) is 0 Å². The Morgan fingerprint density at radius 3 is 2.61 bits per heavy atom. The first kappa shape index (κ1) is 13.1. The van der Waals surface area contributed by atoms with Crippen LogP contribution >= 0.6 is 27.5 Å². The van der Waals surface area contributed by atoms with Gasteiger partial charge in [-0.25, -0.2) is 4.98 Å². The van der Waals surface area contributed by atoms with Gasteiger partial charge < -0.3 is 4.57 Å². The van der Waals surface area contributed by atoms with Crippen molar-refractivity contribution in [1.82, 2.24) is 9.55 Å². The third-order valence-electron chi connectivity index (χ3n) is 2.48. The zero-order chi connectivity index (χ0) is 13.1. The Labute approximate surface area is 118 Å². The third kappa shape index (κ3) is 2.89. The maximum Gasteiger partial charge on any atom is 0.185 e. The molecule has 1 aromatic carbocycles. The maximum absolute atomic E-state index is 11.9. The van der Waals surface area contributed by atoms with Gasteiger partial charge in [0, 0.05) is 17.1 Å². The zero-order valence-corrected chi connectivity index (χ0v) is 11.9. The smallest absolute Gasteiger partial charge is 0.185 e. The molecule has 1 heterocycles. The van der Waals surface area contributed by atoms with Gasteiger partial charge in [-0.1, -0.05) is 27.5 Å². The first-order valence-corrected chi connectivity index (χ1v) is 6.40. The van der Waals surface area contributed by atoms with E-state index in [4.69, 9.17) is 11.6 Å². The van der Waals surface area contributed by atoms with Crippen molar-refractivity contribution in [2.75, 3.05) is 0 Å². The van der Waals surface area contributed by atoms with Gasteiger partial charge in [-0.2, -0.15) is 0 Å². The molecule has 0 atom stereocenters. The molecular formula is C13H10BrClN2O. The number of carbonyl (C=O) groups is 1. The van der Waals surface area contributed by atoms with Gasteiger partial charge in [0.25, 0.3) is 0 Å². The summed E-state index contributed by atoms with van der Waals surface area (Å²) < 4.78 is 2.64. The predicted octanol–water partition coefficient (Wildman–Crippen LogP) is 3.73. The lowest BCUT2D eigenvalue weighted by molar-refractivity contribution is 0.104. The van der Waals surface area contributed by atoms with Gasteiger partial charge in [0.15, 0.2) is 5.78 Å². The third-order valence-corrected chi connectivity index (χ3v) is 3.36. The maximum atomic E-state index is 11.9. The fraction of sp³-hybridized carbons (Fsp3) is 0.0769. The molecular weight excluding hydrogens is 316 g/mol. The summed E-state index contributed by atoms with van der Waals surface area (Å²) in [5.41, 5.74) is 0.634. The minimum atomic E-state index is -0.0679. The number of aromatic nitrogens is 2. The van der Waals surface area contributed by atoms with Crippen LogP contribution < -0.4 is 0 Å². The second kappa shape index (κ2) is 5.50. The van der Waals surface area contributed by atoms with Crippen molar-refractivity contribution in [1.29, 1.82) is 0 Å². The van der Waals surface area contributed by atoms with Crippen LogP contribution in [-0.4, -0.2) is 15.3 Å². The highest BCUT2D eigenvalue weighted by Crippen LogP contribution is 2.13. The van der Waals surface area contributed by atoms with Crippen LogP contribution in [0.3, 0.4) is 0 Å². The molecule has 0 unspecified atom stereocenters. The van der Waals surface area contributed by atoms with Gasteiger partial charge in [0.2, 0.25) is 0 Å². The van der Waals surface area contributed by atoms with Crippen molar-refractivity contribution in [3.8, 4) is 0 Å². The Morgan fingerprint density at radius 2 is 2.06 bits per heavy atom. The Hall–Kier alpha value is -1.39. The molecule has 0 aliphatic rings. The van der Waals surface area contributed by atoms with E-state index in [1.165, 1.54) is 6.08 Å². The number of ketones is 1. The number of imidazole rings is 1. The SMILES string of the molecule is Cn1c(Cl)cnc1C=CC(=O)c1ccc(Br)cc1. The van der Waals surface area contributed by atoms with E-state index in [2.05, 4.69) is 20.9 Å². The molecule has 18 heavy (non-hydrogen) atoms. The Kier molecular flexibility index (Phi) is 3.99. The molecule has 5 heteroatoms. The lowest BCUT2D eigenvalue weighted by atomic mass is 10.1. The van der Waals surface area contributed by atoms with Crippen LogP contribution in [0.2, 0.25) is 5.15 Å². The van der Waals surface area contributed by atoms with Crippen LogP contribution in [-0.2, 0) is 7.05 Å². The summed E-state index contributed by atoms with van der Waals surface area (Å²) >= 11 is 9.18. The quantitative estimate of drug-likeness (QED) is 0.636. The van der Waals surface area contributed by atoms with Crippen LogP contribution in [0.5, 0.6) is 0 Å². The Morgan fingerprint density at radius 1 is 1.39 bits per heavy atom. The number of halogens is 2. The van der Waals surface area contributed by atoms with Crippen molar-refractivity contribution in [2.24, 2.45) is 7.05 Å². The lowest BCUT2D eigenvalue weighted by Gasteiger charge is -1.97. The van der Waals surface area contributed by atoms with Gasteiger partial charge in [-0.05, 0) is 36.4 Å². The fourth-order valence-corrected chi connectivity index (χ4v) is 1.82. The van der Waals surface area contributed by atoms with E-state index in [1.807, 2.05) is 12.1 Å². The summed E-state index contributed by atoms with van der Waals surface area (Å²) in [6.45, 7) is 0. The summed E-state index contributed by atoms with van der Waals surface area (Å²) in [5.74, 6) is 0.576. The first-order valence-electron chi connectivity index (χ1n) is 5.23. The Balaban J connectivity index is 2.16. The molecule has 0 saturated heterocycles. The first-order chi connectivity index (χ1) is 8.58. The van der Waals surface area contributed by atoms with E-state index in [-0.39, 0.29) is 5.78 Å². The summed E-state index contributed by atoms with van der Waals surface area (Å²) in [5, 5.41) is 0.533. The molecule has 0 aliphatic carbocycles. The molecule has 2 aromatic rings. The minimum absolute atomic E-state index is 0.0679. The Bertz CT molecular complexity index is 602. The number of allylic oxidation sites excluding steroid dienone is 1. The van der Waals surface area contributed by atoms with Gasteiger partial charge in [0.1, 0.15) is 11.0 Å². The van der Waals surface area contributed by atoms with E-state index in [1.54, 1.807) is 36.0 Å². The van der Waals surface area contributed by atoms with Crippen LogP contribution in [0.15, 0.2) is 41.0 Å².